The number of aromatic nitrogens is 2. The average Bonchev–Trinajstić information content (AvgIpc) is 2.75. The molecular formula is C17H24N2O. The van der Waals surface area contributed by atoms with Gasteiger partial charge in [0.05, 0.1) is 5.69 Å². The van der Waals surface area contributed by atoms with Crippen molar-refractivity contribution in [3.05, 3.63) is 35.5 Å². The summed E-state index contributed by atoms with van der Waals surface area (Å²) in [6, 6.07) is 8.16. The molecule has 0 unspecified atom stereocenters. The van der Waals surface area contributed by atoms with Crippen molar-refractivity contribution >= 4 is 0 Å². The molecule has 1 aromatic heterocycles. The van der Waals surface area contributed by atoms with Gasteiger partial charge in [-0.15, -0.1) is 0 Å². The predicted octanol–water partition coefficient (Wildman–Crippen LogP) is 4.32. The quantitative estimate of drug-likeness (QED) is 0.850. The first-order valence-electron chi connectivity index (χ1n) is 7.53. The molecule has 0 aliphatic carbocycles. The Morgan fingerprint density at radius 3 is 2.40 bits per heavy atom. The Balaban J connectivity index is 2.40. The van der Waals surface area contributed by atoms with Gasteiger partial charge in [-0.3, -0.25) is 4.68 Å². The van der Waals surface area contributed by atoms with Crippen LogP contribution in [0.5, 0.6) is 5.75 Å². The molecule has 0 amide bonds. The summed E-state index contributed by atoms with van der Waals surface area (Å²) in [5.74, 6) is 0.354. The molecule has 2 rings (SSSR count). The van der Waals surface area contributed by atoms with Gasteiger partial charge in [0.1, 0.15) is 5.69 Å². The van der Waals surface area contributed by atoms with Crippen molar-refractivity contribution in [2.45, 2.75) is 53.0 Å². The van der Waals surface area contributed by atoms with Crippen LogP contribution < -0.4 is 0 Å². The maximum atomic E-state index is 10.5. The molecule has 108 valence electrons. The van der Waals surface area contributed by atoms with Crippen molar-refractivity contribution in [2.75, 3.05) is 0 Å². The Morgan fingerprint density at radius 1 is 1.10 bits per heavy atom. The maximum absolute atomic E-state index is 10.5. The standard InChI is InChI=1S/C17H24N2O/c1-4-6-12-19-15(7-5-2)17(20)16(18-19)14-10-8-13(3)9-11-14/h8-11,20H,4-7,12H2,1-3H3. The van der Waals surface area contributed by atoms with E-state index in [0.717, 1.165) is 43.5 Å². The molecule has 3 heteroatoms. The average molecular weight is 272 g/mol. The Bertz CT molecular complexity index is 555. The molecule has 1 aromatic carbocycles. The molecule has 0 saturated heterocycles. The van der Waals surface area contributed by atoms with E-state index in [1.54, 1.807) is 0 Å². The summed E-state index contributed by atoms with van der Waals surface area (Å²) in [7, 11) is 0. The van der Waals surface area contributed by atoms with E-state index in [1.165, 1.54) is 5.56 Å². The number of hydrogen-bond acceptors (Lipinski definition) is 2. The number of aryl methyl sites for hydroxylation is 2. The monoisotopic (exact) mass is 272 g/mol. The lowest BCUT2D eigenvalue weighted by atomic mass is 10.1. The van der Waals surface area contributed by atoms with Crippen molar-refractivity contribution in [1.29, 1.82) is 0 Å². The first kappa shape index (κ1) is 14.6. The molecule has 20 heavy (non-hydrogen) atoms. The summed E-state index contributed by atoms with van der Waals surface area (Å²) in [6.07, 6.45) is 4.10. The van der Waals surface area contributed by atoms with Crippen LogP contribution in [-0.2, 0) is 13.0 Å². The summed E-state index contributed by atoms with van der Waals surface area (Å²) in [5, 5.41) is 15.1. The number of unbranched alkanes of at least 4 members (excludes halogenated alkanes) is 1. The zero-order chi connectivity index (χ0) is 14.5. The van der Waals surface area contributed by atoms with Gasteiger partial charge < -0.3 is 5.11 Å². The smallest absolute Gasteiger partial charge is 0.164 e. The van der Waals surface area contributed by atoms with Gasteiger partial charge in [-0.25, -0.2) is 0 Å². The zero-order valence-electron chi connectivity index (χ0n) is 12.7. The molecule has 0 fully saturated rings. The van der Waals surface area contributed by atoms with Crippen molar-refractivity contribution < 1.29 is 5.11 Å². The third-order valence-electron chi connectivity index (χ3n) is 3.57. The van der Waals surface area contributed by atoms with Crippen LogP contribution in [0.25, 0.3) is 11.3 Å². The number of hydrogen-bond donors (Lipinski definition) is 1. The van der Waals surface area contributed by atoms with Gasteiger partial charge in [-0.1, -0.05) is 56.5 Å². The highest BCUT2D eigenvalue weighted by Gasteiger charge is 2.17. The highest BCUT2D eigenvalue weighted by molar-refractivity contribution is 5.67. The molecule has 0 spiro atoms. The normalized spacial score (nSPS) is 10.9. The van der Waals surface area contributed by atoms with Crippen LogP contribution in [0.4, 0.5) is 0 Å². The lowest BCUT2D eigenvalue weighted by Crippen LogP contribution is -2.05. The predicted molar refractivity (Wildman–Crippen MR) is 83.0 cm³/mol. The third kappa shape index (κ3) is 3.03. The molecule has 3 nitrogen and oxygen atoms in total. The Kier molecular flexibility index (Phi) is 4.83. The van der Waals surface area contributed by atoms with E-state index in [2.05, 4.69) is 38.0 Å². The van der Waals surface area contributed by atoms with E-state index < -0.39 is 0 Å². The van der Waals surface area contributed by atoms with E-state index >= 15 is 0 Å². The summed E-state index contributed by atoms with van der Waals surface area (Å²) >= 11 is 0. The molecule has 0 aliphatic rings. The molecule has 0 atom stereocenters. The van der Waals surface area contributed by atoms with Gasteiger partial charge in [0.25, 0.3) is 0 Å². The van der Waals surface area contributed by atoms with E-state index in [1.807, 2.05) is 16.8 Å². The van der Waals surface area contributed by atoms with Crippen LogP contribution in [0, 0.1) is 6.92 Å². The van der Waals surface area contributed by atoms with Crippen LogP contribution in [0.3, 0.4) is 0 Å². The fraction of sp³-hybridized carbons (Fsp3) is 0.471. The number of nitrogens with zero attached hydrogens (tertiary/aromatic N) is 2. The summed E-state index contributed by atoms with van der Waals surface area (Å²) in [4.78, 5) is 0. The number of benzene rings is 1. The van der Waals surface area contributed by atoms with E-state index in [-0.39, 0.29) is 0 Å². The Labute approximate surface area is 121 Å². The molecule has 0 bridgehead atoms. The van der Waals surface area contributed by atoms with E-state index in [4.69, 9.17) is 0 Å². The lowest BCUT2D eigenvalue weighted by molar-refractivity contribution is 0.460. The summed E-state index contributed by atoms with van der Waals surface area (Å²) < 4.78 is 1.98. The second-order valence-electron chi connectivity index (χ2n) is 5.34. The number of rotatable bonds is 6. The minimum absolute atomic E-state index is 0.354. The third-order valence-corrected chi connectivity index (χ3v) is 3.57. The van der Waals surface area contributed by atoms with E-state index in [9.17, 15) is 5.11 Å². The molecule has 0 saturated carbocycles. The second kappa shape index (κ2) is 6.60. The van der Waals surface area contributed by atoms with Crippen LogP contribution in [0.1, 0.15) is 44.4 Å². The van der Waals surface area contributed by atoms with Crippen molar-refractivity contribution in [2.24, 2.45) is 0 Å². The highest BCUT2D eigenvalue weighted by Crippen LogP contribution is 2.32. The summed E-state index contributed by atoms with van der Waals surface area (Å²) in [6.45, 7) is 7.24. The van der Waals surface area contributed by atoms with Gasteiger partial charge >= 0.3 is 0 Å². The molecule has 2 aromatic rings. The molecule has 0 aliphatic heterocycles. The van der Waals surface area contributed by atoms with Crippen LogP contribution in [0.15, 0.2) is 24.3 Å². The van der Waals surface area contributed by atoms with Crippen LogP contribution >= 0.6 is 0 Å². The topological polar surface area (TPSA) is 38.0 Å². The maximum Gasteiger partial charge on any atom is 0.164 e. The molecule has 0 radical (unpaired) electrons. The van der Waals surface area contributed by atoms with Crippen LogP contribution in [0.2, 0.25) is 0 Å². The summed E-state index contributed by atoms with van der Waals surface area (Å²) in [5.41, 5.74) is 3.88. The number of aromatic hydroxyl groups is 1. The lowest BCUT2D eigenvalue weighted by Gasteiger charge is -2.05. The van der Waals surface area contributed by atoms with Gasteiger partial charge in [-0.05, 0) is 19.8 Å². The molecular weight excluding hydrogens is 248 g/mol. The first-order chi connectivity index (χ1) is 9.67. The van der Waals surface area contributed by atoms with Gasteiger partial charge in [0.15, 0.2) is 5.75 Å². The fourth-order valence-electron chi connectivity index (χ4n) is 2.37. The fourth-order valence-corrected chi connectivity index (χ4v) is 2.37. The largest absolute Gasteiger partial charge is 0.504 e. The minimum atomic E-state index is 0.354. The van der Waals surface area contributed by atoms with Crippen molar-refractivity contribution in [3.63, 3.8) is 0 Å². The zero-order valence-corrected chi connectivity index (χ0v) is 12.7. The Morgan fingerprint density at radius 2 is 1.80 bits per heavy atom. The van der Waals surface area contributed by atoms with Crippen LogP contribution in [-0.4, -0.2) is 14.9 Å². The second-order valence-corrected chi connectivity index (χ2v) is 5.34. The Hall–Kier alpha value is -1.77. The highest BCUT2D eigenvalue weighted by atomic mass is 16.3. The van der Waals surface area contributed by atoms with Crippen molar-refractivity contribution in [3.8, 4) is 17.0 Å². The van der Waals surface area contributed by atoms with Gasteiger partial charge in [0, 0.05) is 12.1 Å². The van der Waals surface area contributed by atoms with Crippen molar-refractivity contribution in [1.82, 2.24) is 9.78 Å². The molecule has 1 N–H and O–H groups in total. The SMILES string of the molecule is CCCCn1nc(-c2ccc(C)cc2)c(O)c1CCC. The minimum Gasteiger partial charge on any atom is -0.504 e. The van der Waals surface area contributed by atoms with E-state index in [0.29, 0.717) is 11.4 Å². The van der Waals surface area contributed by atoms with Gasteiger partial charge in [-0.2, -0.15) is 5.10 Å². The molecule has 1 heterocycles. The van der Waals surface area contributed by atoms with Gasteiger partial charge in [0.2, 0.25) is 0 Å². The first-order valence-corrected chi connectivity index (χ1v) is 7.53.